The zero-order chi connectivity index (χ0) is 29.2. The molecule has 5 aliphatic rings. The maximum atomic E-state index is 14.5. The fraction of sp³-hybridized carbons (Fsp3) is 0.294. The van der Waals surface area contributed by atoms with Crippen LogP contribution >= 0.6 is 0 Å². The lowest BCUT2D eigenvalue weighted by Gasteiger charge is -2.53. The quantitative estimate of drug-likeness (QED) is 0.310. The molecule has 42 heavy (non-hydrogen) atoms. The van der Waals surface area contributed by atoms with Crippen molar-refractivity contribution in [2.75, 3.05) is 23.0 Å². The number of carbonyl (C=O) groups excluding carboxylic acids is 4. The van der Waals surface area contributed by atoms with E-state index >= 15 is 0 Å². The molecule has 0 unspecified atom stereocenters. The van der Waals surface area contributed by atoms with Crippen LogP contribution in [-0.4, -0.2) is 36.8 Å². The average molecular weight is 563 g/mol. The maximum absolute atomic E-state index is 14.5. The number of hydrogen-bond donors (Lipinski definition) is 0. The summed E-state index contributed by atoms with van der Waals surface area (Å²) in [7, 11) is 0. The fourth-order valence-electron chi connectivity index (χ4n) is 7.79. The molecule has 3 fully saturated rings. The number of hydrogen-bond acceptors (Lipinski definition) is 6. The third-order valence-corrected chi connectivity index (χ3v) is 9.24. The second-order valence-corrected chi connectivity index (χ2v) is 11.1. The van der Waals surface area contributed by atoms with Crippen molar-refractivity contribution in [1.29, 1.82) is 0 Å². The van der Waals surface area contributed by atoms with Gasteiger partial charge in [0.05, 0.1) is 48.3 Å². The van der Waals surface area contributed by atoms with E-state index in [1.807, 2.05) is 56.3 Å². The molecule has 2 saturated heterocycles. The number of ether oxygens (including phenoxy) is 2. The Hall–Kier alpha value is -4.72. The maximum Gasteiger partial charge on any atom is 0.239 e. The summed E-state index contributed by atoms with van der Waals surface area (Å²) >= 11 is 0. The van der Waals surface area contributed by atoms with Gasteiger partial charge in [0.25, 0.3) is 0 Å². The fourth-order valence-corrected chi connectivity index (χ4v) is 7.79. The number of benzene rings is 3. The summed E-state index contributed by atoms with van der Waals surface area (Å²) in [6, 6.07) is 23.3. The number of imide groups is 2. The van der Waals surface area contributed by atoms with Crippen LogP contribution in [0, 0.1) is 29.6 Å². The Kier molecular flexibility index (Phi) is 6.04. The van der Waals surface area contributed by atoms with Gasteiger partial charge in [-0.2, -0.15) is 0 Å². The lowest BCUT2D eigenvalue weighted by Crippen LogP contribution is -2.60. The Labute approximate surface area is 243 Å². The molecule has 0 spiro atoms. The highest BCUT2D eigenvalue weighted by atomic mass is 16.5. The summed E-state index contributed by atoms with van der Waals surface area (Å²) in [6.45, 7) is 4.41. The highest BCUT2D eigenvalue weighted by Crippen LogP contribution is 2.65. The molecular formula is C34H30N2O6. The van der Waals surface area contributed by atoms with Crippen LogP contribution in [-0.2, 0) is 24.6 Å². The molecule has 8 rings (SSSR count). The normalized spacial score (nSPS) is 29.2. The molecule has 2 aliphatic heterocycles. The van der Waals surface area contributed by atoms with E-state index in [9.17, 15) is 19.2 Å². The molecule has 3 aliphatic carbocycles. The van der Waals surface area contributed by atoms with Crippen LogP contribution in [0.3, 0.4) is 0 Å². The Balaban J connectivity index is 1.41. The second-order valence-electron chi connectivity index (χ2n) is 11.1. The zero-order valence-electron chi connectivity index (χ0n) is 23.3. The van der Waals surface area contributed by atoms with Crippen molar-refractivity contribution < 1.29 is 28.7 Å². The topological polar surface area (TPSA) is 93.2 Å². The molecule has 2 bridgehead atoms. The number of amides is 4. The Bertz CT molecular complexity index is 1550. The van der Waals surface area contributed by atoms with Crippen molar-refractivity contribution in [3.8, 4) is 11.5 Å². The molecule has 8 nitrogen and oxygen atoms in total. The number of rotatable bonds is 7. The van der Waals surface area contributed by atoms with Crippen molar-refractivity contribution in [2.45, 2.75) is 19.3 Å². The number of nitrogens with zero attached hydrogens (tertiary/aromatic N) is 2. The lowest BCUT2D eigenvalue weighted by molar-refractivity contribution is -0.140. The minimum atomic E-state index is -1.20. The van der Waals surface area contributed by atoms with Crippen LogP contribution in [0.25, 0.3) is 0 Å². The monoisotopic (exact) mass is 562 g/mol. The van der Waals surface area contributed by atoms with Crippen LogP contribution in [0.15, 0.2) is 91.0 Å². The summed E-state index contributed by atoms with van der Waals surface area (Å²) in [5.41, 5.74) is 0.282. The Morgan fingerprint density at radius 2 is 1.07 bits per heavy atom. The zero-order valence-corrected chi connectivity index (χ0v) is 23.3. The molecule has 4 atom stereocenters. The van der Waals surface area contributed by atoms with Crippen molar-refractivity contribution in [2.24, 2.45) is 29.6 Å². The van der Waals surface area contributed by atoms with E-state index in [1.54, 1.807) is 48.5 Å². The van der Waals surface area contributed by atoms with Crippen molar-refractivity contribution in [1.82, 2.24) is 0 Å². The lowest BCUT2D eigenvalue weighted by atomic mass is 9.45. The van der Waals surface area contributed by atoms with E-state index < -0.39 is 35.0 Å². The summed E-state index contributed by atoms with van der Waals surface area (Å²) < 4.78 is 11.6. The molecule has 3 aromatic rings. The van der Waals surface area contributed by atoms with Gasteiger partial charge in [-0.3, -0.25) is 19.2 Å². The van der Waals surface area contributed by atoms with Gasteiger partial charge in [-0.15, -0.1) is 0 Å². The molecule has 3 aromatic carbocycles. The van der Waals surface area contributed by atoms with Crippen LogP contribution < -0.4 is 19.3 Å². The van der Waals surface area contributed by atoms with Crippen LogP contribution in [0.2, 0.25) is 0 Å². The average Bonchev–Trinajstić information content (AvgIpc) is 3.45. The first-order valence-corrected chi connectivity index (χ1v) is 14.4. The van der Waals surface area contributed by atoms with Crippen molar-refractivity contribution >= 4 is 35.0 Å². The van der Waals surface area contributed by atoms with Gasteiger partial charge < -0.3 is 9.47 Å². The van der Waals surface area contributed by atoms with Gasteiger partial charge in [-0.25, -0.2) is 9.80 Å². The predicted octanol–water partition coefficient (Wildman–Crippen LogP) is 4.53. The number of carbonyl (C=O) groups is 4. The second kappa shape index (κ2) is 9.69. The first kappa shape index (κ1) is 26.2. The predicted molar refractivity (Wildman–Crippen MR) is 155 cm³/mol. The number of allylic oxidation sites excluding steroid dienone is 2. The van der Waals surface area contributed by atoms with Crippen LogP contribution in [0.1, 0.15) is 19.4 Å². The Morgan fingerprint density at radius 1 is 0.619 bits per heavy atom. The third-order valence-electron chi connectivity index (χ3n) is 9.24. The third kappa shape index (κ3) is 3.35. The number of anilines is 2. The summed E-state index contributed by atoms with van der Waals surface area (Å²) in [5.74, 6) is -4.63. The minimum Gasteiger partial charge on any atom is -0.492 e. The van der Waals surface area contributed by atoms with Crippen molar-refractivity contribution in [3.05, 3.63) is 96.6 Å². The largest absolute Gasteiger partial charge is 0.492 e. The molecule has 212 valence electrons. The minimum absolute atomic E-state index is 0.366. The molecule has 0 aromatic heterocycles. The van der Waals surface area contributed by atoms with E-state index in [4.69, 9.17) is 9.47 Å². The molecule has 4 amide bonds. The van der Waals surface area contributed by atoms with E-state index in [2.05, 4.69) is 0 Å². The molecule has 0 radical (unpaired) electrons. The first-order chi connectivity index (χ1) is 20.5. The molecule has 2 heterocycles. The Morgan fingerprint density at radius 3 is 1.55 bits per heavy atom. The molecule has 0 N–H and O–H groups in total. The first-order valence-electron chi connectivity index (χ1n) is 14.4. The van der Waals surface area contributed by atoms with E-state index in [0.717, 1.165) is 5.56 Å². The van der Waals surface area contributed by atoms with Gasteiger partial charge in [-0.1, -0.05) is 66.7 Å². The SMILES string of the molecule is CCOc1ccccc1N1C(=O)[C@H]2C3C=CC(c4ccccc4)([C@H]2C1=O)[C@H]1C(=O)N(c2ccccc2OCC)C(=O)[C@@H]31. The standard InChI is InChI=1S/C34H30N2O6/c1-3-41-24-16-10-8-14-22(24)35-30(37)26-21-18-19-34(28(26)32(35)39,20-12-6-5-7-13-20)29-27(21)31(38)36(33(29)40)23-15-9-11-17-25(23)42-4-2/h5-19,21,26-29H,3-4H2,1-2H3/t21?,26-,27-,28+,29+,34?/m0/s1. The van der Waals surface area contributed by atoms with Gasteiger partial charge in [-0.05, 0) is 43.7 Å². The summed E-state index contributed by atoms with van der Waals surface area (Å²) in [6.07, 6.45) is 3.81. The highest BCUT2D eigenvalue weighted by Gasteiger charge is 2.75. The van der Waals surface area contributed by atoms with Crippen LogP contribution in [0.4, 0.5) is 11.4 Å². The number of para-hydroxylation sites is 4. The van der Waals surface area contributed by atoms with Gasteiger partial charge in [0.1, 0.15) is 11.5 Å². The van der Waals surface area contributed by atoms with Gasteiger partial charge in [0.2, 0.25) is 23.6 Å². The summed E-state index contributed by atoms with van der Waals surface area (Å²) in [4.78, 5) is 60.1. The molecule has 8 heteroatoms. The summed E-state index contributed by atoms with van der Waals surface area (Å²) in [5, 5.41) is 0. The van der Waals surface area contributed by atoms with E-state index in [1.165, 1.54) is 9.80 Å². The smallest absolute Gasteiger partial charge is 0.239 e. The van der Waals surface area contributed by atoms with E-state index in [-0.39, 0.29) is 23.6 Å². The highest BCUT2D eigenvalue weighted by molar-refractivity contribution is 6.27. The van der Waals surface area contributed by atoms with Gasteiger partial charge in [0.15, 0.2) is 0 Å². The molecule has 1 saturated carbocycles. The van der Waals surface area contributed by atoms with Gasteiger partial charge in [0, 0.05) is 11.3 Å². The van der Waals surface area contributed by atoms with Crippen LogP contribution in [0.5, 0.6) is 11.5 Å². The van der Waals surface area contributed by atoms with E-state index in [0.29, 0.717) is 36.1 Å². The van der Waals surface area contributed by atoms with Crippen molar-refractivity contribution in [3.63, 3.8) is 0 Å². The van der Waals surface area contributed by atoms with Gasteiger partial charge >= 0.3 is 0 Å². The molecular weight excluding hydrogens is 532 g/mol.